The highest BCUT2D eigenvalue weighted by Gasteiger charge is 2.37. The van der Waals surface area contributed by atoms with Crippen LogP contribution in [0, 0.1) is 0 Å². The van der Waals surface area contributed by atoms with Gasteiger partial charge in [0.05, 0.1) is 18.8 Å². The lowest BCUT2D eigenvalue weighted by Crippen LogP contribution is -2.42. The van der Waals surface area contributed by atoms with Crippen molar-refractivity contribution in [2.45, 2.75) is 37.7 Å². The first-order valence-corrected chi connectivity index (χ1v) is 4.63. The largest absolute Gasteiger partial charge is 0.379 e. The number of hydrogen-bond donors (Lipinski definition) is 0. The zero-order valence-corrected chi connectivity index (χ0v) is 6.97. The molecular weight excluding hydrogens is 140 g/mol. The quantitative estimate of drug-likeness (QED) is 0.532. The summed E-state index contributed by atoms with van der Waals surface area (Å²) in [6.07, 6.45) is 6.33. The third kappa shape index (κ3) is 1.57. The SMILES string of the molecule is C1COCCOC2(C1)CCC2. The molecule has 0 N–H and O–H groups in total. The van der Waals surface area contributed by atoms with E-state index in [-0.39, 0.29) is 0 Å². The fourth-order valence-corrected chi connectivity index (χ4v) is 1.95. The molecule has 0 aromatic carbocycles. The van der Waals surface area contributed by atoms with E-state index in [1.54, 1.807) is 0 Å². The smallest absolute Gasteiger partial charge is 0.0708 e. The minimum atomic E-state index is 0.295. The van der Waals surface area contributed by atoms with Gasteiger partial charge in [0.2, 0.25) is 0 Å². The van der Waals surface area contributed by atoms with Gasteiger partial charge in [-0.05, 0) is 32.1 Å². The van der Waals surface area contributed by atoms with Crippen molar-refractivity contribution < 1.29 is 9.47 Å². The third-order valence-electron chi connectivity index (χ3n) is 2.82. The summed E-state index contributed by atoms with van der Waals surface area (Å²) in [4.78, 5) is 0. The summed E-state index contributed by atoms with van der Waals surface area (Å²) in [5, 5.41) is 0. The fraction of sp³-hybridized carbons (Fsp3) is 1.00. The molecule has 2 fully saturated rings. The molecule has 1 saturated carbocycles. The van der Waals surface area contributed by atoms with E-state index < -0.39 is 0 Å². The molecule has 2 aliphatic rings. The minimum absolute atomic E-state index is 0.295. The van der Waals surface area contributed by atoms with Crippen molar-refractivity contribution in [3.8, 4) is 0 Å². The van der Waals surface area contributed by atoms with Crippen LogP contribution in [0.1, 0.15) is 32.1 Å². The van der Waals surface area contributed by atoms with Gasteiger partial charge in [0, 0.05) is 6.61 Å². The van der Waals surface area contributed by atoms with Crippen LogP contribution in [0.2, 0.25) is 0 Å². The molecule has 0 bridgehead atoms. The summed E-state index contributed by atoms with van der Waals surface area (Å²) in [6.45, 7) is 2.53. The van der Waals surface area contributed by atoms with Gasteiger partial charge in [-0.15, -0.1) is 0 Å². The summed E-state index contributed by atoms with van der Waals surface area (Å²) in [5.41, 5.74) is 0.295. The third-order valence-corrected chi connectivity index (χ3v) is 2.82. The van der Waals surface area contributed by atoms with E-state index in [9.17, 15) is 0 Å². The second kappa shape index (κ2) is 3.11. The molecule has 11 heavy (non-hydrogen) atoms. The standard InChI is InChI=1S/C9H16O2/c1-3-9(4-1)5-2-6-10-7-8-11-9/h1-8H2. The Morgan fingerprint density at radius 3 is 2.36 bits per heavy atom. The first-order valence-electron chi connectivity index (χ1n) is 4.63. The van der Waals surface area contributed by atoms with Crippen molar-refractivity contribution in [1.29, 1.82) is 0 Å². The Balaban J connectivity index is 1.86. The van der Waals surface area contributed by atoms with Crippen LogP contribution >= 0.6 is 0 Å². The molecule has 0 radical (unpaired) electrons. The van der Waals surface area contributed by atoms with E-state index in [2.05, 4.69) is 0 Å². The second-order valence-electron chi connectivity index (χ2n) is 3.60. The highest BCUT2D eigenvalue weighted by molar-refractivity contribution is 4.89. The van der Waals surface area contributed by atoms with E-state index in [0.717, 1.165) is 19.8 Å². The van der Waals surface area contributed by atoms with Crippen LogP contribution in [0.4, 0.5) is 0 Å². The maximum absolute atomic E-state index is 5.78. The molecule has 64 valence electrons. The van der Waals surface area contributed by atoms with Crippen molar-refractivity contribution >= 4 is 0 Å². The van der Waals surface area contributed by atoms with Gasteiger partial charge in [-0.1, -0.05) is 0 Å². The summed E-state index contributed by atoms with van der Waals surface area (Å²) in [5.74, 6) is 0. The van der Waals surface area contributed by atoms with Crippen LogP contribution in [0.5, 0.6) is 0 Å². The lowest BCUT2D eigenvalue weighted by molar-refractivity contribution is -0.134. The summed E-state index contributed by atoms with van der Waals surface area (Å²) in [7, 11) is 0. The van der Waals surface area contributed by atoms with Gasteiger partial charge >= 0.3 is 0 Å². The Morgan fingerprint density at radius 1 is 0.818 bits per heavy atom. The molecule has 1 spiro atoms. The first-order chi connectivity index (χ1) is 5.41. The lowest BCUT2D eigenvalue weighted by atomic mass is 9.76. The van der Waals surface area contributed by atoms with Crippen molar-refractivity contribution in [3.05, 3.63) is 0 Å². The number of rotatable bonds is 0. The maximum Gasteiger partial charge on any atom is 0.0708 e. The van der Waals surface area contributed by atoms with Crippen LogP contribution in [-0.2, 0) is 9.47 Å². The topological polar surface area (TPSA) is 18.5 Å². The highest BCUT2D eigenvalue weighted by Crippen LogP contribution is 2.39. The van der Waals surface area contributed by atoms with Gasteiger partial charge in [0.1, 0.15) is 0 Å². The average Bonchev–Trinajstić information content (AvgIpc) is 1.82. The Morgan fingerprint density at radius 2 is 1.64 bits per heavy atom. The molecule has 2 nitrogen and oxygen atoms in total. The van der Waals surface area contributed by atoms with Crippen LogP contribution in [-0.4, -0.2) is 25.4 Å². The van der Waals surface area contributed by atoms with Gasteiger partial charge in [-0.2, -0.15) is 0 Å². The number of hydrogen-bond acceptors (Lipinski definition) is 2. The van der Waals surface area contributed by atoms with Gasteiger partial charge in [-0.25, -0.2) is 0 Å². The number of ether oxygens (including phenoxy) is 2. The second-order valence-corrected chi connectivity index (χ2v) is 3.60. The van der Waals surface area contributed by atoms with Gasteiger partial charge in [0.15, 0.2) is 0 Å². The van der Waals surface area contributed by atoms with Crippen LogP contribution in [0.15, 0.2) is 0 Å². The predicted molar refractivity (Wildman–Crippen MR) is 42.6 cm³/mol. The molecule has 2 heteroatoms. The normalized spacial score (nSPS) is 30.5. The van der Waals surface area contributed by atoms with Crippen molar-refractivity contribution in [3.63, 3.8) is 0 Å². The Hall–Kier alpha value is -0.0800. The molecule has 1 aliphatic heterocycles. The predicted octanol–water partition coefficient (Wildman–Crippen LogP) is 1.74. The molecular formula is C9H16O2. The Labute approximate surface area is 67.9 Å². The van der Waals surface area contributed by atoms with Gasteiger partial charge in [-0.3, -0.25) is 0 Å². The van der Waals surface area contributed by atoms with Crippen molar-refractivity contribution in [2.75, 3.05) is 19.8 Å². The minimum Gasteiger partial charge on any atom is -0.379 e. The lowest BCUT2D eigenvalue weighted by Gasteiger charge is -2.42. The van der Waals surface area contributed by atoms with Gasteiger partial charge < -0.3 is 9.47 Å². The molecule has 0 aromatic rings. The Kier molecular flexibility index (Phi) is 2.14. The van der Waals surface area contributed by atoms with Crippen LogP contribution < -0.4 is 0 Å². The van der Waals surface area contributed by atoms with E-state index >= 15 is 0 Å². The average molecular weight is 156 g/mol. The highest BCUT2D eigenvalue weighted by atomic mass is 16.5. The molecule has 0 aromatic heterocycles. The monoisotopic (exact) mass is 156 g/mol. The molecule has 0 atom stereocenters. The van der Waals surface area contributed by atoms with E-state index in [0.29, 0.717) is 5.60 Å². The molecule has 1 heterocycles. The fourth-order valence-electron chi connectivity index (χ4n) is 1.95. The zero-order chi connectivity index (χ0) is 7.57. The van der Waals surface area contributed by atoms with Crippen LogP contribution in [0.25, 0.3) is 0 Å². The summed E-state index contributed by atoms with van der Waals surface area (Å²) in [6, 6.07) is 0. The Bertz CT molecular complexity index is 120. The summed E-state index contributed by atoms with van der Waals surface area (Å²) < 4.78 is 11.1. The van der Waals surface area contributed by atoms with E-state index in [1.165, 1.54) is 32.1 Å². The van der Waals surface area contributed by atoms with Crippen molar-refractivity contribution in [2.24, 2.45) is 0 Å². The summed E-state index contributed by atoms with van der Waals surface area (Å²) >= 11 is 0. The maximum atomic E-state index is 5.78. The molecule has 1 aliphatic carbocycles. The molecule has 2 rings (SSSR count). The first kappa shape index (κ1) is 7.56. The van der Waals surface area contributed by atoms with E-state index in [4.69, 9.17) is 9.47 Å². The van der Waals surface area contributed by atoms with Crippen LogP contribution in [0.3, 0.4) is 0 Å². The molecule has 0 amide bonds. The zero-order valence-electron chi connectivity index (χ0n) is 6.97. The van der Waals surface area contributed by atoms with Gasteiger partial charge in [0.25, 0.3) is 0 Å². The molecule has 0 unspecified atom stereocenters. The van der Waals surface area contributed by atoms with E-state index in [1.807, 2.05) is 0 Å². The van der Waals surface area contributed by atoms with Crippen molar-refractivity contribution in [1.82, 2.24) is 0 Å². The molecule has 1 saturated heterocycles.